The van der Waals surface area contributed by atoms with Crippen molar-refractivity contribution >= 4 is 39.5 Å². The van der Waals surface area contributed by atoms with Crippen LogP contribution < -0.4 is 5.32 Å². The molecule has 4 aromatic rings. The van der Waals surface area contributed by atoms with E-state index in [4.69, 9.17) is 4.98 Å². The van der Waals surface area contributed by atoms with Crippen LogP contribution in [0.3, 0.4) is 0 Å². The van der Waals surface area contributed by atoms with Gasteiger partial charge in [0.2, 0.25) is 0 Å². The second-order valence-electron chi connectivity index (χ2n) is 7.05. The number of hydrogen-bond acceptors (Lipinski definition) is 5. The number of nitrogens with one attached hydrogen (secondary N) is 1. The van der Waals surface area contributed by atoms with Crippen molar-refractivity contribution in [3.8, 4) is 11.3 Å². The molecule has 31 heavy (non-hydrogen) atoms. The second kappa shape index (κ2) is 8.97. The highest BCUT2D eigenvalue weighted by atomic mass is 32.2. The maximum absolute atomic E-state index is 13.1. The number of nitrogens with zero attached hydrogens (tertiary/aromatic N) is 3. The standard InChI is InChI=1S/C24H20N4O2S/c1-28(2)24(30)31-18-11-9-17(10-12-18)26-23(29)20-14-22(16-6-5-13-25-15-16)27-21-8-4-3-7-19(20)21/h3-15H,1-2H3,(H,26,29). The van der Waals surface area contributed by atoms with Crippen LogP contribution >= 0.6 is 11.8 Å². The lowest BCUT2D eigenvalue weighted by Crippen LogP contribution is -2.16. The summed E-state index contributed by atoms with van der Waals surface area (Å²) in [4.78, 5) is 36.2. The quantitative estimate of drug-likeness (QED) is 0.445. The molecular weight excluding hydrogens is 408 g/mol. The highest BCUT2D eigenvalue weighted by molar-refractivity contribution is 8.13. The van der Waals surface area contributed by atoms with Gasteiger partial charge in [-0.15, -0.1) is 0 Å². The predicted octanol–water partition coefficient (Wildman–Crippen LogP) is 5.32. The fourth-order valence-corrected chi connectivity index (χ4v) is 3.68. The van der Waals surface area contributed by atoms with E-state index in [1.807, 2.05) is 48.5 Å². The van der Waals surface area contributed by atoms with Crippen LogP contribution in [-0.2, 0) is 0 Å². The van der Waals surface area contributed by atoms with E-state index in [9.17, 15) is 9.59 Å². The number of para-hydroxylation sites is 1. The average Bonchev–Trinajstić information content (AvgIpc) is 2.80. The van der Waals surface area contributed by atoms with Crippen LogP contribution in [0.25, 0.3) is 22.2 Å². The predicted molar refractivity (Wildman–Crippen MR) is 124 cm³/mol. The minimum Gasteiger partial charge on any atom is -0.339 e. The lowest BCUT2D eigenvalue weighted by Gasteiger charge is -2.11. The molecule has 0 saturated heterocycles. The molecule has 0 aliphatic rings. The first-order chi connectivity index (χ1) is 15.0. The Morgan fingerprint density at radius 2 is 1.74 bits per heavy atom. The molecule has 0 aliphatic carbocycles. The Morgan fingerprint density at radius 3 is 2.45 bits per heavy atom. The van der Waals surface area contributed by atoms with Crippen molar-refractivity contribution in [1.29, 1.82) is 0 Å². The number of carbonyl (C=O) groups excluding carboxylic acids is 2. The minimum absolute atomic E-state index is 0.0528. The molecule has 0 radical (unpaired) electrons. The van der Waals surface area contributed by atoms with Crippen LogP contribution in [0.15, 0.2) is 84.0 Å². The summed E-state index contributed by atoms with van der Waals surface area (Å²) in [6, 6.07) is 20.3. The molecular formula is C24H20N4O2S. The number of thioether (sulfide) groups is 1. The topological polar surface area (TPSA) is 75.2 Å². The second-order valence-corrected chi connectivity index (χ2v) is 8.08. The van der Waals surface area contributed by atoms with Crippen molar-refractivity contribution in [1.82, 2.24) is 14.9 Å². The van der Waals surface area contributed by atoms with E-state index in [0.717, 1.165) is 33.1 Å². The van der Waals surface area contributed by atoms with Crippen LogP contribution in [0, 0.1) is 0 Å². The van der Waals surface area contributed by atoms with Gasteiger partial charge in [0.15, 0.2) is 0 Å². The van der Waals surface area contributed by atoms with Gasteiger partial charge >= 0.3 is 0 Å². The fourth-order valence-electron chi connectivity index (χ4n) is 3.02. The summed E-state index contributed by atoms with van der Waals surface area (Å²) in [7, 11) is 3.42. The monoisotopic (exact) mass is 428 g/mol. The van der Waals surface area contributed by atoms with E-state index in [-0.39, 0.29) is 11.1 Å². The van der Waals surface area contributed by atoms with Gasteiger partial charge in [-0.1, -0.05) is 18.2 Å². The number of benzene rings is 2. The summed E-state index contributed by atoms with van der Waals surface area (Å²) in [5.41, 5.74) is 3.45. The molecule has 0 fully saturated rings. The molecule has 0 saturated carbocycles. The Bertz CT molecular complexity index is 1240. The molecule has 2 aromatic heterocycles. The zero-order valence-corrected chi connectivity index (χ0v) is 17.9. The molecule has 0 unspecified atom stereocenters. The SMILES string of the molecule is CN(C)C(=O)Sc1ccc(NC(=O)c2cc(-c3cccnc3)nc3ccccc23)cc1. The van der Waals surface area contributed by atoms with E-state index in [2.05, 4.69) is 10.3 Å². The molecule has 0 bridgehead atoms. The van der Waals surface area contributed by atoms with Crippen LogP contribution in [0.5, 0.6) is 0 Å². The van der Waals surface area contributed by atoms with E-state index in [0.29, 0.717) is 16.9 Å². The molecule has 0 aliphatic heterocycles. The number of aromatic nitrogens is 2. The fraction of sp³-hybridized carbons (Fsp3) is 0.0833. The van der Waals surface area contributed by atoms with Gasteiger partial charge in [-0.2, -0.15) is 0 Å². The zero-order valence-electron chi connectivity index (χ0n) is 17.1. The Labute approximate surface area is 184 Å². The maximum Gasteiger partial charge on any atom is 0.285 e. The first-order valence-electron chi connectivity index (χ1n) is 9.62. The number of amides is 2. The molecule has 2 amide bonds. The van der Waals surface area contributed by atoms with E-state index in [1.165, 1.54) is 4.90 Å². The largest absolute Gasteiger partial charge is 0.339 e. The number of pyridine rings is 2. The molecule has 6 nitrogen and oxygen atoms in total. The van der Waals surface area contributed by atoms with Crippen molar-refractivity contribution in [3.63, 3.8) is 0 Å². The molecule has 1 N–H and O–H groups in total. The molecule has 2 heterocycles. The van der Waals surface area contributed by atoms with Crippen molar-refractivity contribution in [2.24, 2.45) is 0 Å². The molecule has 2 aromatic carbocycles. The van der Waals surface area contributed by atoms with E-state index >= 15 is 0 Å². The van der Waals surface area contributed by atoms with Crippen LogP contribution in [0.1, 0.15) is 10.4 Å². The minimum atomic E-state index is -0.228. The van der Waals surface area contributed by atoms with Crippen molar-refractivity contribution in [2.75, 3.05) is 19.4 Å². The van der Waals surface area contributed by atoms with Gasteiger partial charge in [0.25, 0.3) is 11.1 Å². The molecule has 0 spiro atoms. The molecule has 154 valence electrons. The number of hydrogen-bond donors (Lipinski definition) is 1. The van der Waals surface area contributed by atoms with Gasteiger partial charge in [-0.25, -0.2) is 4.98 Å². The van der Waals surface area contributed by atoms with E-state index < -0.39 is 0 Å². The first kappa shape index (κ1) is 20.6. The third-order valence-corrected chi connectivity index (χ3v) is 5.65. The summed E-state index contributed by atoms with van der Waals surface area (Å²) in [5.74, 6) is -0.228. The first-order valence-corrected chi connectivity index (χ1v) is 10.4. The molecule has 0 atom stereocenters. The van der Waals surface area contributed by atoms with Crippen molar-refractivity contribution < 1.29 is 9.59 Å². The normalized spacial score (nSPS) is 10.6. The van der Waals surface area contributed by atoms with Crippen LogP contribution in [-0.4, -0.2) is 40.1 Å². The van der Waals surface area contributed by atoms with Crippen molar-refractivity contribution in [3.05, 3.63) is 84.7 Å². The van der Waals surface area contributed by atoms with Gasteiger partial charge in [0, 0.05) is 48.0 Å². The average molecular weight is 429 g/mol. The Hall–Kier alpha value is -3.71. The van der Waals surface area contributed by atoms with Crippen molar-refractivity contribution in [2.45, 2.75) is 4.90 Å². The Balaban J connectivity index is 1.62. The van der Waals surface area contributed by atoms with Crippen LogP contribution in [0.4, 0.5) is 10.5 Å². The Kier molecular flexibility index (Phi) is 5.95. The zero-order chi connectivity index (χ0) is 21.8. The number of fused-ring (bicyclic) bond motifs is 1. The summed E-state index contributed by atoms with van der Waals surface area (Å²) >= 11 is 1.14. The highest BCUT2D eigenvalue weighted by Gasteiger charge is 2.15. The number of carbonyl (C=O) groups is 2. The third kappa shape index (κ3) is 4.73. The maximum atomic E-state index is 13.1. The third-order valence-electron chi connectivity index (χ3n) is 4.60. The van der Waals surface area contributed by atoms with Gasteiger partial charge in [0.1, 0.15) is 0 Å². The van der Waals surface area contributed by atoms with E-state index in [1.54, 1.807) is 44.7 Å². The summed E-state index contributed by atoms with van der Waals surface area (Å²) < 4.78 is 0. The molecule has 4 rings (SSSR count). The van der Waals surface area contributed by atoms with Gasteiger partial charge < -0.3 is 10.2 Å². The summed E-state index contributed by atoms with van der Waals surface area (Å²) in [5, 5.41) is 3.67. The van der Waals surface area contributed by atoms with Gasteiger partial charge in [0.05, 0.1) is 16.8 Å². The lowest BCUT2D eigenvalue weighted by atomic mass is 10.0. The summed E-state index contributed by atoms with van der Waals surface area (Å²) in [6.45, 7) is 0. The smallest absolute Gasteiger partial charge is 0.285 e. The van der Waals surface area contributed by atoms with Gasteiger partial charge in [-0.3, -0.25) is 14.6 Å². The Morgan fingerprint density at radius 1 is 0.968 bits per heavy atom. The number of anilines is 1. The lowest BCUT2D eigenvalue weighted by molar-refractivity contribution is 0.102. The number of rotatable bonds is 4. The van der Waals surface area contributed by atoms with Gasteiger partial charge in [-0.05, 0) is 60.3 Å². The van der Waals surface area contributed by atoms with Crippen LogP contribution in [0.2, 0.25) is 0 Å². The highest BCUT2D eigenvalue weighted by Crippen LogP contribution is 2.26. The summed E-state index contributed by atoms with van der Waals surface area (Å²) in [6.07, 6.45) is 3.43. The molecule has 7 heteroatoms.